The predicted molar refractivity (Wildman–Crippen MR) is 303 cm³/mol. The van der Waals surface area contributed by atoms with Crippen molar-refractivity contribution in [2.24, 2.45) is 0 Å². The highest BCUT2D eigenvalue weighted by Gasteiger charge is 2.20. The summed E-state index contributed by atoms with van der Waals surface area (Å²) in [7, 11) is 0. The second-order valence-electron chi connectivity index (χ2n) is 19.2. The Kier molecular flexibility index (Phi) is 8.46. The van der Waals surface area contributed by atoms with E-state index < -0.39 is 0 Å². The highest BCUT2D eigenvalue weighted by atomic mass is 14.2. The summed E-state index contributed by atoms with van der Waals surface area (Å²) in [6.07, 6.45) is 0. The molecule has 0 radical (unpaired) electrons. The van der Waals surface area contributed by atoms with Crippen molar-refractivity contribution < 1.29 is 0 Å². The highest BCUT2D eigenvalue weighted by molar-refractivity contribution is 6.22. The summed E-state index contributed by atoms with van der Waals surface area (Å²) in [4.78, 5) is 0. The monoisotopic (exact) mass is 882 g/mol. The lowest BCUT2D eigenvalue weighted by molar-refractivity contribution is 1.66. The van der Waals surface area contributed by atoms with Crippen LogP contribution in [-0.2, 0) is 0 Å². The number of benzene rings is 15. The zero-order chi connectivity index (χ0) is 45.9. The molecule has 0 nitrogen and oxygen atoms in total. The Hall–Kier alpha value is -9.10. The molecule has 0 saturated carbocycles. The standard InChI is InChI=1S/C70H42/c1-3-15-45-35-63-53(33-43(45)13-1)23-11-25-55(63)57-27-29-59(67-39-49-19-7-5-17-47(49)37-65(57)67)61-31-32-62(70-42-52-22-10-9-21-51(52)41-69(61)70)60-30-28-58(66-38-48-18-6-8-20-50(48)40-68(60)66)56-26-12-24-54-34-44-14-2-4-16-46(44)36-64(54)56/h1-42H. The molecular formula is C70H42. The van der Waals surface area contributed by atoms with Gasteiger partial charge in [-0.25, -0.2) is 0 Å². The summed E-state index contributed by atoms with van der Waals surface area (Å²) in [6.45, 7) is 0. The van der Waals surface area contributed by atoms with Crippen LogP contribution in [0.1, 0.15) is 0 Å². The molecule has 0 aliphatic rings. The van der Waals surface area contributed by atoms with Gasteiger partial charge in [0.25, 0.3) is 0 Å². The molecule has 0 spiro atoms. The Balaban J connectivity index is 0.990. The van der Waals surface area contributed by atoms with E-state index in [9.17, 15) is 0 Å². The Bertz CT molecular complexity index is 4410. The molecule has 15 aromatic rings. The first-order valence-corrected chi connectivity index (χ1v) is 24.4. The third-order valence-electron chi connectivity index (χ3n) is 15.3. The van der Waals surface area contributed by atoms with E-state index in [4.69, 9.17) is 0 Å². The second kappa shape index (κ2) is 15.2. The molecule has 0 aliphatic carbocycles. The first-order valence-electron chi connectivity index (χ1n) is 24.4. The van der Waals surface area contributed by atoms with Crippen molar-refractivity contribution in [2.45, 2.75) is 0 Å². The molecule has 15 rings (SSSR count). The highest BCUT2D eigenvalue weighted by Crippen LogP contribution is 2.47. The molecule has 0 heteroatoms. The fraction of sp³-hybridized carbons (Fsp3) is 0. The Morgan fingerprint density at radius 3 is 0.514 bits per heavy atom. The van der Waals surface area contributed by atoms with Gasteiger partial charge in [-0.2, -0.15) is 0 Å². The fourth-order valence-corrected chi connectivity index (χ4v) is 11.9. The molecule has 0 aliphatic heterocycles. The summed E-state index contributed by atoms with van der Waals surface area (Å²) in [5, 5.41) is 25.0. The molecule has 0 bridgehead atoms. The van der Waals surface area contributed by atoms with Crippen molar-refractivity contribution in [3.63, 3.8) is 0 Å². The van der Waals surface area contributed by atoms with E-state index >= 15 is 0 Å². The predicted octanol–water partition coefficient (Wildman–Crippen LogP) is 19.9. The van der Waals surface area contributed by atoms with Gasteiger partial charge in [-0.15, -0.1) is 0 Å². The first kappa shape index (κ1) is 38.9. The molecule has 0 fully saturated rings. The molecular weight excluding hydrogens is 841 g/mol. The molecule has 0 heterocycles. The summed E-state index contributed by atoms with van der Waals surface area (Å²) in [5.41, 5.74) is 9.92. The molecule has 0 N–H and O–H groups in total. The zero-order valence-electron chi connectivity index (χ0n) is 38.2. The Labute approximate surface area is 404 Å². The number of fused-ring (bicyclic) bond motifs is 10. The van der Waals surface area contributed by atoms with Gasteiger partial charge in [-0.1, -0.05) is 194 Å². The minimum absolute atomic E-state index is 1.23. The maximum Gasteiger partial charge on any atom is -0.00926 e. The van der Waals surface area contributed by atoms with Crippen molar-refractivity contribution in [1.82, 2.24) is 0 Å². The third kappa shape index (κ3) is 6.03. The van der Waals surface area contributed by atoms with Crippen molar-refractivity contribution in [3.05, 3.63) is 255 Å². The SMILES string of the molecule is c1ccc2cc3c(-c4ccc(-c5ccc(-c6ccc(-c7cccc8cc9ccccc9cc78)c7cc8ccccc8cc67)c6cc7ccccc7cc56)c5cc6ccccc6cc45)cccc3cc2c1. The van der Waals surface area contributed by atoms with E-state index in [1.165, 1.54) is 152 Å². The molecule has 70 heavy (non-hydrogen) atoms. The summed E-state index contributed by atoms with van der Waals surface area (Å²) >= 11 is 0. The van der Waals surface area contributed by atoms with Crippen LogP contribution in [0.15, 0.2) is 255 Å². The van der Waals surface area contributed by atoms with Crippen LogP contribution in [0.3, 0.4) is 0 Å². The topological polar surface area (TPSA) is 0 Å². The van der Waals surface area contributed by atoms with E-state index in [-0.39, 0.29) is 0 Å². The van der Waals surface area contributed by atoms with Crippen LogP contribution in [0.25, 0.3) is 152 Å². The van der Waals surface area contributed by atoms with Gasteiger partial charge in [0.2, 0.25) is 0 Å². The molecule has 0 aromatic heterocycles. The van der Waals surface area contributed by atoms with E-state index in [0.717, 1.165) is 0 Å². The summed E-state index contributed by atoms with van der Waals surface area (Å²) in [6, 6.07) is 95.8. The fourth-order valence-electron chi connectivity index (χ4n) is 11.9. The minimum Gasteiger partial charge on any atom is -0.0616 e. The number of rotatable bonds is 4. The molecule has 0 atom stereocenters. The second-order valence-corrected chi connectivity index (χ2v) is 19.2. The van der Waals surface area contributed by atoms with E-state index in [1.54, 1.807) is 0 Å². The lowest BCUT2D eigenvalue weighted by Gasteiger charge is -2.19. The van der Waals surface area contributed by atoms with Gasteiger partial charge in [0.05, 0.1) is 0 Å². The minimum atomic E-state index is 1.23. The van der Waals surface area contributed by atoms with Crippen LogP contribution in [0.5, 0.6) is 0 Å². The van der Waals surface area contributed by atoms with Crippen molar-refractivity contribution in [3.8, 4) is 44.5 Å². The van der Waals surface area contributed by atoms with Gasteiger partial charge in [-0.05, 0) is 213 Å². The maximum absolute atomic E-state index is 2.44. The van der Waals surface area contributed by atoms with Crippen molar-refractivity contribution in [2.75, 3.05) is 0 Å². The number of hydrogen-bond donors (Lipinski definition) is 0. The van der Waals surface area contributed by atoms with Gasteiger partial charge >= 0.3 is 0 Å². The van der Waals surface area contributed by atoms with Gasteiger partial charge in [0, 0.05) is 0 Å². The zero-order valence-corrected chi connectivity index (χ0v) is 38.2. The van der Waals surface area contributed by atoms with Crippen LogP contribution in [0, 0.1) is 0 Å². The average Bonchev–Trinajstić information content (AvgIpc) is 3.41. The number of hydrogen-bond acceptors (Lipinski definition) is 0. The van der Waals surface area contributed by atoms with Gasteiger partial charge < -0.3 is 0 Å². The normalized spacial score (nSPS) is 12.0. The van der Waals surface area contributed by atoms with Gasteiger partial charge in [0.1, 0.15) is 0 Å². The van der Waals surface area contributed by atoms with Crippen LogP contribution >= 0.6 is 0 Å². The summed E-state index contributed by atoms with van der Waals surface area (Å²) < 4.78 is 0. The molecule has 0 unspecified atom stereocenters. The quantitative estimate of drug-likeness (QED) is 0.155. The maximum atomic E-state index is 2.44. The van der Waals surface area contributed by atoms with Crippen LogP contribution in [0.2, 0.25) is 0 Å². The van der Waals surface area contributed by atoms with Gasteiger partial charge in [-0.3, -0.25) is 0 Å². The molecule has 322 valence electrons. The lowest BCUT2D eigenvalue weighted by Crippen LogP contribution is -1.92. The largest absolute Gasteiger partial charge is 0.0616 e. The first-order chi connectivity index (χ1) is 34.7. The van der Waals surface area contributed by atoms with E-state index in [1.807, 2.05) is 0 Å². The van der Waals surface area contributed by atoms with Crippen molar-refractivity contribution >= 4 is 108 Å². The van der Waals surface area contributed by atoms with Crippen molar-refractivity contribution in [1.29, 1.82) is 0 Å². The third-order valence-corrected chi connectivity index (χ3v) is 15.3. The average molecular weight is 883 g/mol. The van der Waals surface area contributed by atoms with Crippen LogP contribution in [0.4, 0.5) is 0 Å². The molecule has 0 amide bonds. The van der Waals surface area contributed by atoms with E-state index in [2.05, 4.69) is 255 Å². The van der Waals surface area contributed by atoms with E-state index in [0.29, 0.717) is 0 Å². The van der Waals surface area contributed by atoms with Crippen LogP contribution < -0.4 is 0 Å². The Morgan fingerprint density at radius 2 is 0.286 bits per heavy atom. The molecule has 15 aromatic carbocycles. The summed E-state index contributed by atoms with van der Waals surface area (Å²) in [5.74, 6) is 0. The molecule has 0 saturated heterocycles. The smallest absolute Gasteiger partial charge is 0.00926 e. The Morgan fingerprint density at radius 1 is 0.114 bits per heavy atom. The van der Waals surface area contributed by atoms with Crippen LogP contribution in [-0.4, -0.2) is 0 Å². The lowest BCUT2D eigenvalue weighted by atomic mass is 9.84. The van der Waals surface area contributed by atoms with Gasteiger partial charge in [0.15, 0.2) is 0 Å².